The zero-order valence-electron chi connectivity index (χ0n) is 13.9. The average Bonchev–Trinajstić information content (AvgIpc) is 3.36. The van der Waals surface area contributed by atoms with Gasteiger partial charge in [0, 0.05) is 19.3 Å². The molecule has 0 fully saturated rings. The molecule has 4 aromatic rings. The molecule has 2 heterocycles. The minimum atomic E-state index is 0.613. The number of aromatic nitrogens is 5. The van der Waals surface area contributed by atoms with Crippen LogP contribution in [0.2, 0.25) is 0 Å². The summed E-state index contributed by atoms with van der Waals surface area (Å²) in [4.78, 5) is 5.57. The standard InChI is InChI=1S/C18H17N7S/c1-3-7-14(8-4-1)16-13-21-18(26-16)20-12-11-19-17-22-23-24-25(17)15-9-5-2-6-10-15/h1-10,13H,11-12H2,(H,20,21)(H,19,22,24). The molecular weight excluding hydrogens is 346 g/mol. The van der Waals surface area contributed by atoms with Crippen molar-refractivity contribution in [2.75, 3.05) is 23.7 Å². The first-order chi connectivity index (χ1) is 12.9. The molecule has 7 nitrogen and oxygen atoms in total. The minimum absolute atomic E-state index is 0.613. The molecule has 0 atom stereocenters. The summed E-state index contributed by atoms with van der Waals surface area (Å²) < 4.78 is 1.68. The summed E-state index contributed by atoms with van der Waals surface area (Å²) >= 11 is 1.64. The lowest BCUT2D eigenvalue weighted by atomic mass is 10.2. The van der Waals surface area contributed by atoms with Crippen LogP contribution in [-0.2, 0) is 0 Å². The Balaban J connectivity index is 1.32. The van der Waals surface area contributed by atoms with Gasteiger partial charge in [-0.1, -0.05) is 65.0 Å². The van der Waals surface area contributed by atoms with Gasteiger partial charge in [0.15, 0.2) is 5.13 Å². The maximum atomic E-state index is 4.43. The van der Waals surface area contributed by atoms with Crippen LogP contribution in [0, 0.1) is 0 Å². The van der Waals surface area contributed by atoms with Gasteiger partial charge in [0.25, 0.3) is 0 Å². The molecule has 4 rings (SSSR count). The molecule has 2 aromatic carbocycles. The largest absolute Gasteiger partial charge is 0.360 e. The SMILES string of the molecule is c1ccc(-c2cnc(NCCNc3nnnn3-c3ccccc3)s2)cc1. The third-order valence-corrected chi connectivity index (χ3v) is 4.72. The first-order valence-corrected chi connectivity index (χ1v) is 9.04. The third kappa shape index (κ3) is 3.70. The summed E-state index contributed by atoms with van der Waals surface area (Å²) in [6.45, 7) is 1.39. The van der Waals surface area contributed by atoms with Crippen LogP contribution in [0.3, 0.4) is 0 Å². The second-order valence-electron chi connectivity index (χ2n) is 5.50. The van der Waals surface area contributed by atoms with Gasteiger partial charge in [-0.3, -0.25) is 0 Å². The summed E-state index contributed by atoms with van der Waals surface area (Å²) in [5, 5.41) is 19.3. The van der Waals surface area contributed by atoms with E-state index in [-0.39, 0.29) is 0 Å². The number of hydrogen-bond acceptors (Lipinski definition) is 7. The van der Waals surface area contributed by atoms with Gasteiger partial charge in [0.1, 0.15) is 0 Å². The zero-order valence-corrected chi connectivity index (χ0v) is 14.7. The van der Waals surface area contributed by atoms with Crippen LogP contribution >= 0.6 is 11.3 Å². The number of nitrogens with one attached hydrogen (secondary N) is 2. The fourth-order valence-electron chi connectivity index (χ4n) is 2.48. The molecule has 2 N–H and O–H groups in total. The van der Waals surface area contributed by atoms with Crippen molar-refractivity contribution in [1.82, 2.24) is 25.2 Å². The highest BCUT2D eigenvalue weighted by atomic mass is 32.1. The Labute approximate surface area is 154 Å². The van der Waals surface area contributed by atoms with E-state index < -0.39 is 0 Å². The number of anilines is 2. The number of nitrogens with zero attached hydrogens (tertiary/aromatic N) is 5. The van der Waals surface area contributed by atoms with E-state index in [1.54, 1.807) is 16.0 Å². The summed E-state index contributed by atoms with van der Waals surface area (Å²) in [5.74, 6) is 0.613. The Morgan fingerprint density at radius 1 is 0.885 bits per heavy atom. The van der Waals surface area contributed by atoms with E-state index in [0.29, 0.717) is 19.0 Å². The van der Waals surface area contributed by atoms with Crippen molar-refractivity contribution < 1.29 is 0 Å². The molecule has 2 aromatic heterocycles. The zero-order chi connectivity index (χ0) is 17.6. The first-order valence-electron chi connectivity index (χ1n) is 8.23. The number of rotatable bonds is 7. The lowest BCUT2D eigenvalue weighted by molar-refractivity contribution is 0.789. The van der Waals surface area contributed by atoms with Crippen molar-refractivity contribution >= 4 is 22.4 Å². The average molecular weight is 363 g/mol. The predicted molar refractivity (Wildman–Crippen MR) is 104 cm³/mol. The number of thiazole rings is 1. The fraction of sp³-hybridized carbons (Fsp3) is 0.111. The van der Waals surface area contributed by atoms with Crippen molar-refractivity contribution in [2.24, 2.45) is 0 Å². The summed E-state index contributed by atoms with van der Waals surface area (Å²) in [6, 6.07) is 20.0. The summed E-state index contributed by atoms with van der Waals surface area (Å²) in [6.07, 6.45) is 1.89. The van der Waals surface area contributed by atoms with E-state index in [9.17, 15) is 0 Å². The van der Waals surface area contributed by atoms with E-state index in [0.717, 1.165) is 15.7 Å². The molecule has 0 amide bonds. The predicted octanol–water partition coefficient (Wildman–Crippen LogP) is 3.31. The van der Waals surface area contributed by atoms with Crippen LogP contribution in [0.4, 0.5) is 11.1 Å². The van der Waals surface area contributed by atoms with Gasteiger partial charge in [0.05, 0.1) is 10.6 Å². The molecule has 130 valence electrons. The smallest absolute Gasteiger partial charge is 0.247 e. The van der Waals surface area contributed by atoms with E-state index >= 15 is 0 Å². The van der Waals surface area contributed by atoms with Crippen LogP contribution in [0.15, 0.2) is 66.9 Å². The van der Waals surface area contributed by atoms with Crippen molar-refractivity contribution in [3.8, 4) is 16.1 Å². The molecule has 26 heavy (non-hydrogen) atoms. The van der Waals surface area contributed by atoms with Gasteiger partial charge in [0.2, 0.25) is 5.95 Å². The quantitative estimate of drug-likeness (QED) is 0.490. The molecule has 0 spiro atoms. The molecule has 0 radical (unpaired) electrons. The van der Waals surface area contributed by atoms with Crippen molar-refractivity contribution in [2.45, 2.75) is 0 Å². The minimum Gasteiger partial charge on any atom is -0.360 e. The maximum Gasteiger partial charge on any atom is 0.247 e. The molecule has 0 aliphatic heterocycles. The topological polar surface area (TPSA) is 80.6 Å². The number of tetrazole rings is 1. The first kappa shape index (κ1) is 16.2. The normalized spacial score (nSPS) is 10.6. The van der Waals surface area contributed by atoms with Crippen LogP contribution in [0.1, 0.15) is 0 Å². The van der Waals surface area contributed by atoms with Gasteiger partial charge in [-0.05, 0) is 28.1 Å². The van der Waals surface area contributed by atoms with Gasteiger partial charge in [-0.25, -0.2) is 4.98 Å². The summed E-state index contributed by atoms with van der Waals surface area (Å²) in [7, 11) is 0. The van der Waals surface area contributed by atoms with Gasteiger partial charge in [-0.2, -0.15) is 4.68 Å². The van der Waals surface area contributed by atoms with E-state index in [2.05, 4.69) is 43.3 Å². The number of hydrogen-bond donors (Lipinski definition) is 2. The van der Waals surface area contributed by atoms with Gasteiger partial charge >= 0.3 is 0 Å². The van der Waals surface area contributed by atoms with E-state index in [1.165, 1.54) is 5.56 Å². The van der Waals surface area contributed by atoms with Crippen LogP contribution in [-0.4, -0.2) is 38.3 Å². The Kier molecular flexibility index (Phi) is 4.83. The van der Waals surface area contributed by atoms with E-state index in [4.69, 9.17) is 0 Å². The van der Waals surface area contributed by atoms with Crippen LogP contribution in [0.5, 0.6) is 0 Å². The van der Waals surface area contributed by atoms with Crippen molar-refractivity contribution in [3.05, 3.63) is 66.9 Å². The molecule has 0 aliphatic rings. The van der Waals surface area contributed by atoms with Gasteiger partial charge in [-0.15, -0.1) is 0 Å². The monoisotopic (exact) mass is 363 g/mol. The Morgan fingerprint density at radius 2 is 1.62 bits per heavy atom. The van der Waals surface area contributed by atoms with Crippen molar-refractivity contribution in [3.63, 3.8) is 0 Å². The maximum absolute atomic E-state index is 4.43. The lowest BCUT2D eigenvalue weighted by Gasteiger charge is -2.07. The molecule has 0 unspecified atom stereocenters. The Morgan fingerprint density at radius 3 is 2.42 bits per heavy atom. The molecule has 0 saturated heterocycles. The van der Waals surface area contributed by atoms with Crippen LogP contribution < -0.4 is 10.6 Å². The number of benzene rings is 2. The Bertz CT molecular complexity index is 950. The molecule has 8 heteroatoms. The molecule has 0 bridgehead atoms. The fourth-order valence-corrected chi connectivity index (χ4v) is 3.32. The van der Waals surface area contributed by atoms with E-state index in [1.807, 2.05) is 54.7 Å². The lowest BCUT2D eigenvalue weighted by Crippen LogP contribution is -2.16. The second kappa shape index (κ2) is 7.75. The molecular formula is C18H17N7S. The summed E-state index contributed by atoms with van der Waals surface area (Å²) in [5.41, 5.74) is 2.10. The van der Waals surface area contributed by atoms with Crippen LogP contribution in [0.25, 0.3) is 16.1 Å². The molecule has 0 aliphatic carbocycles. The number of para-hydroxylation sites is 1. The highest BCUT2D eigenvalue weighted by Gasteiger charge is 2.07. The highest BCUT2D eigenvalue weighted by Crippen LogP contribution is 2.28. The highest BCUT2D eigenvalue weighted by molar-refractivity contribution is 7.18. The Hall–Kier alpha value is -3.26. The second-order valence-corrected chi connectivity index (χ2v) is 6.53. The van der Waals surface area contributed by atoms with Crippen molar-refractivity contribution in [1.29, 1.82) is 0 Å². The third-order valence-electron chi connectivity index (χ3n) is 3.72. The molecule has 0 saturated carbocycles. The van der Waals surface area contributed by atoms with Gasteiger partial charge < -0.3 is 10.6 Å².